The molecule has 1 N–H and O–H groups in total. The molecular formula is C19H22FNO3. The van der Waals surface area contributed by atoms with Crippen molar-refractivity contribution >= 4 is 11.6 Å². The van der Waals surface area contributed by atoms with Gasteiger partial charge in [-0.2, -0.15) is 5.06 Å². The molecule has 0 atom stereocenters. The number of amides is 1. The topological polar surface area (TPSA) is 49.8 Å². The summed E-state index contributed by atoms with van der Waals surface area (Å²) in [6.45, 7) is 7.45. The summed E-state index contributed by atoms with van der Waals surface area (Å²) >= 11 is 0. The van der Waals surface area contributed by atoms with Crippen molar-refractivity contribution < 1.29 is 19.1 Å². The maximum Gasteiger partial charge on any atom is 0.250 e. The number of hydroxylamine groups is 1. The molecule has 0 spiro atoms. The molecule has 2 aromatic carbocycles. The second kappa shape index (κ2) is 7.45. The Labute approximate surface area is 141 Å². The second-order valence-corrected chi connectivity index (χ2v) is 5.79. The van der Waals surface area contributed by atoms with Crippen molar-refractivity contribution in [2.45, 2.75) is 40.7 Å². The lowest BCUT2D eigenvalue weighted by molar-refractivity contribution is -0.123. The molecule has 2 aromatic rings. The highest BCUT2D eigenvalue weighted by molar-refractivity contribution is 5.91. The van der Waals surface area contributed by atoms with Crippen LogP contribution in [0.4, 0.5) is 10.1 Å². The Morgan fingerprint density at radius 1 is 1.17 bits per heavy atom. The minimum absolute atomic E-state index is 0.0839. The van der Waals surface area contributed by atoms with Crippen molar-refractivity contribution in [2.24, 2.45) is 0 Å². The SMILES string of the molecule is CCC(=O)N(O)c1cccc(F)c1COc1cc(C)c(C)cc1C. The second-order valence-electron chi connectivity index (χ2n) is 5.79. The Bertz CT molecular complexity index is 759. The third kappa shape index (κ3) is 3.74. The van der Waals surface area contributed by atoms with Crippen LogP contribution in [0, 0.1) is 26.6 Å². The van der Waals surface area contributed by atoms with Gasteiger partial charge in [0, 0.05) is 6.42 Å². The summed E-state index contributed by atoms with van der Waals surface area (Å²) in [6, 6.07) is 8.12. The Hall–Kier alpha value is -2.40. The molecule has 2 rings (SSSR count). The standard InChI is InChI=1S/C19H22FNO3/c1-5-19(22)21(23)17-8-6-7-16(20)15(17)11-24-18-10-13(3)12(2)9-14(18)4/h6-10,23H,5,11H2,1-4H3. The fourth-order valence-electron chi connectivity index (χ4n) is 2.41. The summed E-state index contributed by atoms with van der Waals surface area (Å²) in [4.78, 5) is 11.7. The summed E-state index contributed by atoms with van der Waals surface area (Å²) in [6.07, 6.45) is 0.115. The van der Waals surface area contributed by atoms with Gasteiger partial charge >= 0.3 is 0 Å². The van der Waals surface area contributed by atoms with E-state index in [-0.39, 0.29) is 24.3 Å². The average Bonchev–Trinajstić information content (AvgIpc) is 2.56. The van der Waals surface area contributed by atoms with Crippen molar-refractivity contribution in [3.8, 4) is 5.75 Å². The molecule has 128 valence electrons. The van der Waals surface area contributed by atoms with Crippen LogP contribution in [0.1, 0.15) is 35.6 Å². The lowest BCUT2D eigenvalue weighted by atomic mass is 10.1. The largest absolute Gasteiger partial charge is 0.488 e. The first-order chi connectivity index (χ1) is 11.3. The first-order valence-corrected chi connectivity index (χ1v) is 7.85. The molecular weight excluding hydrogens is 309 g/mol. The number of ether oxygens (including phenoxy) is 1. The van der Waals surface area contributed by atoms with Crippen LogP contribution >= 0.6 is 0 Å². The molecule has 5 heteroatoms. The molecule has 0 aliphatic carbocycles. The minimum Gasteiger partial charge on any atom is -0.488 e. The van der Waals surface area contributed by atoms with Crippen molar-refractivity contribution in [2.75, 3.05) is 5.06 Å². The third-order valence-corrected chi connectivity index (χ3v) is 4.02. The fourth-order valence-corrected chi connectivity index (χ4v) is 2.41. The zero-order chi connectivity index (χ0) is 17.9. The molecule has 0 fully saturated rings. The van der Waals surface area contributed by atoms with E-state index in [2.05, 4.69) is 0 Å². The summed E-state index contributed by atoms with van der Waals surface area (Å²) in [5, 5.41) is 10.5. The smallest absolute Gasteiger partial charge is 0.250 e. The number of halogens is 1. The van der Waals surface area contributed by atoms with Crippen molar-refractivity contribution in [1.82, 2.24) is 0 Å². The van der Waals surface area contributed by atoms with Gasteiger partial charge in [0.1, 0.15) is 18.2 Å². The van der Waals surface area contributed by atoms with Gasteiger partial charge in [0.25, 0.3) is 0 Å². The van der Waals surface area contributed by atoms with Crippen LogP contribution in [-0.4, -0.2) is 11.1 Å². The van der Waals surface area contributed by atoms with E-state index in [0.717, 1.165) is 16.7 Å². The quantitative estimate of drug-likeness (QED) is 0.650. The number of nitrogens with zero attached hydrogens (tertiary/aromatic N) is 1. The number of benzene rings is 2. The van der Waals surface area contributed by atoms with Crippen molar-refractivity contribution in [3.05, 3.63) is 58.4 Å². The van der Waals surface area contributed by atoms with Crippen LogP contribution in [0.25, 0.3) is 0 Å². The first kappa shape index (κ1) is 17.9. The highest BCUT2D eigenvalue weighted by Crippen LogP contribution is 2.27. The highest BCUT2D eigenvalue weighted by Gasteiger charge is 2.18. The van der Waals surface area contributed by atoms with E-state index in [4.69, 9.17) is 4.74 Å². The van der Waals surface area contributed by atoms with Gasteiger partial charge in [0.05, 0.1) is 11.3 Å². The van der Waals surface area contributed by atoms with E-state index >= 15 is 0 Å². The van der Waals surface area contributed by atoms with Crippen LogP contribution in [0.2, 0.25) is 0 Å². The molecule has 0 saturated carbocycles. The number of hydrogen-bond donors (Lipinski definition) is 1. The summed E-state index contributed by atoms with van der Waals surface area (Å²) in [5.41, 5.74) is 3.42. The number of carbonyl (C=O) groups excluding carboxylic acids is 1. The molecule has 0 aliphatic heterocycles. The monoisotopic (exact) mass is 331 g/mol. The van der Waals surface area contributed by atoms with Gasteiger partial charge < -0.3 is 4.74 Å². The Kier molecular flexibility index (Phi) is 5.57. The number of rotatable bonds is 5. The zero-order valence-corrected chi connectivity index (χ0v) is 14.4. The molecule has 0 bridgehead atoms. The van der Waals surface area contributed by atoms with E-state index in [0.29, 0.717) is 10.8 Å². The third-order valence-electron chi connectivity index (χ3n) is 4.02. The molecule has 0 saturated heterocycles. The average molecular weight is 331 g/mol. The number of anilines is 1. The highest BCUT2D eigenvalue weighted by atomic mass is 19.1. The van der Waals surface area contributed by atoms with E-state index in [1.165, 1.54) is 18.2 Å². The Morgan fingerprint density at radius 2 is 1.83 bits per heavy atom. The first-order valence-electron chi connectivity index (χ1n) is 7.85. The zero-order valence-electron chi connectivity index (χ0n) is 14.4. The van der Waals surface area contributed by atoms with Crippen LogP contribution in [0.3, 0.4) is 0 Å². The number of carbonyl (C=O) groups is 1. The number of aryl methyl sites for hydroxylation is 3. The summed E-state index contributed by atoms with van der Waals surface area (Å²) in [7, 11) is 0. The Morgan fingerprint density at radius 3 is 2.50 bits per heavy atom. The maximum atomic E-state index is 14.2. The van der Waals surface area contributed by atoms with Gasteiger partial charge in [0.15, 0.2) is 0 Å². The van der Waals surface area contributed by atoms with Gasteiger partial charge in [-0.15, -0.1) is 0 Å². The minimum atomic E-state index is -0.531. The fraction of sp³-hybridized carbons (Fsp3) is 0.316. The van der Waals surface area contributed by atoms with Gasteiger partial charge in [-0.25, -0.2) is 4.39 Å². The maximum absolute atomic E-state index is 14.2. The molecule has 0 aromatic heterocycles. The lowest BCUT2D eigenvalue weighted by Gasteiger charge is -2.19. The lowest BCUT2D eigenvalue weighted by Crippen LogP contribution is -2.27. The predicted octanol–water partition coefficient (Wildman–Crippen LogP) is 4.46. The molecule has 4 nitrogen and oxygen atoms in total. The van der Waals surface area contributed by atoms with E-state index in [9.17, 15) is 14.4 Å². The normalized spacial score (nSPS) is 10.6. The molecule has 0 unspecified atom stereocenters. The van der Waals surface area contributed by atoms with Gasteiger partial charge in [0.2, 0.25) is 5.91 Å². The number of hydrogen-bond acceptors (Lipinski definition) is 3. The molecule has 0 radical (unpaired) electrons. The summed E-state index contributed by atoms with van der Waals surface area (Å²) < 4.78 is 20.0. The van der Waals surface area contributed by atoms with Crippen LogP contribution < -0.4 is 9.80 Å². The van der Waals surface area contributed by atoms with Gasteiger partial charge in [-0.05, 0) is 55.7 Å². The van der Waals surface area contributed by atoms with Crippen LogP contribution in [0.15, 0.2) is 30.3 Å². The van der Waals surface area contributed by atoms with Crippen LogP contribution in [-0.2, 0) is 11.4 Å². The molecule has 0 heterocycles. The summed E-state index contributed by atoms with van der Waals surface area (Å²) in [5.74, 6) is -0.389. The van der Waals surface area contributed by atoms with Crippen molar-refractivity contribution in [3.63, 3.8) is 0 Å². The molecule has 1 amide bonds. The van der Waals surface area contributed by atoms with Crippen molar-refractivity contribution in [1.29, 1.82) is 0 Å². The Balaban J connectivity index is 2.30. The van der Waals surface area contributed by atoms with Crippen LogP contribution in [0.5, 0.6) is 5.75 Å². The van der Waals surface area contributed by atoms with E-state index < -0.39 is 11.7 Å². The molecule has 24 heavy (non-hydrogen) atoms. The van der Waals surface area contributed by atoms with Gasteiger partial charge in [-0.1, -0.05) is 19.1 Å². The van der Waals surface area contributed by atoms with Gasteiger partial charge in [-0.3, -0.25) is 10.0 Å². The predicted molar refractivity (Wildman–Crippen MR) is 90.9 cm³/mol. The van der Waals surface area contributed by atoms with E-state index in [1.54, 1.807) is 6.92 Å². The molecule has 0 aliphatic rings. The van der Waals surface area contributed by atoms with E-state index in [1.807, 2.05) is 32.9 Å².